The molecule has 0 aliphatic heterocycles. The smallest absolute Gasteiger partial charge is 0.330 e. The molecule has 0 radical (unpaired) electrons. The summed E-state index contributed by atoms with van der Waals surface area (Å²) in [4.78, 5) is 26.4. The maximum atomic E-state index is 12.2. The molecule has 7 heteroatoms. The lowest BCUT2D eigenvalue weighted by atomic mass is 10.1. The van der Waals surface area contributed by atoms with Crippen molar-refractivity contribution in [1.82, 2.24) is 4.90 Å². The molecule has 1 rings (SSSR count). The lowest BCUT2D eigenvalue weighted by Gasteiger charge is -2.15. The van der Waals surface area contributed by atoms with Crippen LogP contribution in [0.4, 0.5) is 0 Å². The van der Waals surface area contributed by atoms with Crippen LogP contribution in [0, 0.1) is 0 Å². The number of hydrogen-bond donors (Lipinski definition) is 0. The summed E-state index contributed by atoms with van der Waals surface area (Å²) in [5.74, 6) is 1.18. The molecule has 1 aromatic rings. The molecule has 7 nitrogen and oxygen atoms in total. The van der Waals surface area contributed by atoms with Gasteiger partial charge in [0.15, 0.2) is 0 Å². The van der Waals surface area contributed by atoms with E-state index in [9.17, 15) is 9.59 Å². The van der Waals surface area contributed by atoms with Crippen LogP contribution in [0.15, 0.2) is 79.0 Å². The number of ether oxygens (including phenoxy) is 4. The van der Waals surface area contributed by atoms with E-state index < -0.39 is 0 Å². The maximum Gasteiger partial charge on any atom is 0.330 e. The quantitative estimate of drug-likeness (QED) is 0.0281. The van der Waals surface area contributed by atoms with Gasteiger partial charge in [0.05, 0.1) is 26.4 Å². The fourth-order valence-electron chi connectivity index (χ4n) is 6.53. The zero-order valence-electron chi connectivity index (χ0n) is 38.8. The van der Waals surface area contributed by atoms with Gasteiger partial charge in [-0.2, -0.15) is 0 Å². The summed E-state index contributed by atoms with van der Waals surface area (Å²) in [5.41, 5.74) is 1.12. The third kappa shape index (κ3) is 37.4. The molecule has 0 spiro atoms. The number of allylic oxidation sites excluding steroid dienone is 9. The average Bonchev–Trinajstić information content (AvgIpc) is 3.23. The molecule has 0 N–H and O–H groups in total. The monoisotopic (exact) mass is 834 g/mol. The first-order valence-corrected chi connectivity index (χ1v) is 24.1. The van der Waals surface area contributed by atoms with Crippen LogP contribution in [0.5, 0.6) is 11.5 Å². The second-order valence-electron chi connectivity index (χ2n) is 16.2. The van der Waals surface area contributed by atoms with Crippen molar-refractivity contribution in [3.63, 3.8) is 0 Å². The lowest BCUT2D eigenvalue weighted by molar-refractivity contribution is -0.144. The highest BCUT2D eigenvalue weighted by atomic mass is 16.5. The summed E-state index contributed by atoms with van der Waals surface area (Å²) in [7, 11) is 4.08. The van der Waals surface area contributed by atoms with Gasteiger partial charge in [-0.25, -0.2) is 4.79 Å². The molecule has 340 valence electrons. The van der Waals surface area contributed by atoms with Crippen molar-refractivity contribution >= 4 is 11.9 Å². The fourth-order valence-corrected chi connectivity index (χ4v) is 6.53. The molecule has 0 unspecified atom stereocenters. The number of hydrogen-bond acceptors (Lipinski definition) is 7. The minimum atomic E-state index is -0.271. The molecule has 0 saturated heterocycles. The van der Waals surface area contributed by atoms with Crippen LogP contribution in [0.25, 0.3) is 0 Å². The molecule has 0 heterocycles. The van der Waals surface area contributed by atoms with Crippen LogP contribution in [-0.4, -0.2) is 57.4 Å². The topological polar surface area (TPSA) is 74.3 Å². The van der Waals surface area contributed by atoms with Gasteiger partial charge in [0.25, 0.3) is 0 Å². The predicted octanol–water partition coefficient (Wildman–Crippen LogP) is 14.6. The Labute approximate surface area is 368 Å². The van der Waals surface area contributed by atoms with Gasteiger partial charge in [0.2, 0.25) is 0 Å². The van der Waals surface area contributed by atoms with Crippen molar-refractivity contribution in [1.29, 1.82) is 0 Å². The standard InChI is InChI=1S/C53H87NO6/c1-5-7-9-11-13-15-17-19-21-23-25-27-29-31-33-39-52(55)59-43-37-35-41-57-50-45-49(48-54(3)4)46-51(47-50)58-42-36-38-44-60-53(56)40-34-32-30-28-26-24-22-20-18-16-14-12-10-8-6-2/h7,9,14,16,19-22,33,39,45-47H,5-6,8,10-13,15,17-18,23-32,34-38,40-44,48H2,1-4H3/b9-7+,16-14-,21-19-,22-20-,39-33+. The van der Waals surface area contributed by atoms with Gasteiger partial charge in [-0.05, 0) is 154 Å². The van der Waals surface area contributed by atoms with Crippen molar-refractivity contribution in [2.24, 2.45) is 0 Å². The minimum Gasteiger partial charge on any atom is -0.493 e. The number of carbonyl (C=O) groups is 2. The van der Waals surface area contributed by atoms with Gasteiger partial charge in [0, 0.05) is 25.1 Å². The Bertz CT molecular complexity index is 1310. The highest BCUT2D eigenvalue weighted by molar-refractivity contribution is 5.81. The molecule has 0 fully saturated rings. The summed E-state index contributed by atoms with van der Waals surface area (Å²) >= 11 is 0. The number of carbonyl (C=O) groups excluding carboxylic acids is 2. The van der Waals surface area contributed by atoms with E-state index in [4.69, 9.17) is 18.9 Å². The normalized spacial score (nSPS) is 12.0. The third-order valence-corrected chi connectivity index (χ3v) is 9.95. The summed E-state index contributed by atoms with van der Waals surface area (Å²) in [6.45, 7) is 7.09. The number of unbranched alkanes of at least 4 members (excludes halogenated alkanes) is 17. The first-order valence-electron chi connectivity index (χ1n) is 24.1. The van der Waals surface area contributed by atoms with Gasteiger partial charge in [-0.1, -0.05) is 107 Å². The van der Waals surface area contributed by atoms with Crippen LogP contribution < -0.4 is 9.47 Å². The van der Waals surface area contributed by atoms with E-state index in [1.165, 1.54) is 83.5 Å². The minimum absolute atomic E-state index is 0.0950. The van der Waals surface area contributed by atoms with Crippen LogP contribution in [0.1, 0.15) is 186 Å². The molecular formula is C53H87NO6. The second-order valence-corrected chi connectivity index (χ2v) is 16.2. The van der Waals surface area contributed by atoms with Gasteiger partial charge in [-0.3, -0.25) is 4.79 Å². The Kier molecular flexibility index (Phi) is 38.2. The van der Waals surface area contributed by atoms with Gasteiger partial charge in [-0.15, -0.1) is 0 Å². The van der Waals surface area contributed by atoms with E-state index in [-0.39, 0.29) is 11.9 Å². The Morgan fingerprint density at radius 3 is 1.55 bits per heavy atom. The van der Waals surface area contributed by atoms with Crippen LogP contribution in [0.2, 0.25) is 0 Å². The van der Waals surface area contributed by atoms with Crippen molar-refractivity contribution < 1.29 is 28.5 Å². The Morgan fingerprint density at radius 2 is 0.967 bits per heavy atom. The van der Waals surface area contributed by atoms with Crippen LogP contribution in [-0.2, 0) is 25.6 Å². The molecular weight excluding hydrogens is 747 g/mol. The predicted molar refractivity (Wildman–Crippen MR) is 254 cm³/mol. The highest BCUT2D eigenvalue weighted by Gasteiger charge is 2.07. The van der Waals surface area contributed by atoms with E-state index >= 15 is 0 Å². The molecule has 60 heavy (non-hydrogen) atoms. The van der Waals surface area contributed by atoms with Crippen molar-refractivity contribution in [2.45, 2.75) is 187 Å². The molecule has 0 aromatic heterocycles. The Balaban J connectivity index is 2.12. The largest absolute Gasteiger partial charge is 0.493 e. The second kappa shape index (κ2) is 42.1. The molecule has 1 aromatic carbocycles. The summed E-state index contributed by atoms with van der Waals surface area (Å²) in [6, 6.07) is 6.04. The maximum absolute atomic E-state index is 12.2. The molecule has 0 bridgehead atoms. The SMILES string of the molecule is CC/C=C/CCCC/C=C\CCCCC/C=C/C(=O)OCCCCOc1cc(CN(C)C)cc(OCCCCOC(=O)CCCCCCC/C=C\C/C=C\CCCCC)c1. The van der Waals surface area contributed by atoms with E-state index in [0.29, 0.717) is 32.8 Å². The van der Waals surface area contributed by atoms with E-state index in [1.807, 2.05) is 26.2 Å². The van der Waals surface area contributed by atoms with Gasteiger partial charge >= 0.3 is 11.9 Å². The Hall–Kier alpha value is -3.58. The van der Waals surface area contributed by atoms with Crippen LogP contribution >= 0.6 is 0 Å². The molecule has 0 atom stereocenters. The molecule has 0 saturated carbocycles. The summed E-state index contributed by atoms with van der Waals surface area (Å²) in [6.07, 6.45) is 49.9. The number of nitrogens with zero attached hydrogens (tertiary/aromatic N) is 1. The van der Waals surface area contributed by atoms with E-state index in [1.54, 1.807) is 6.08 Å². The zero-order valence-corrected chi connectivity index (χ0v) is 38.8. The molecule has 0 aliphatic rings. The third-order valence-electron chi connectivity index (χ3n) is 9.95. The zero-order chi connectivity index (χ0) is 43.4. The summed E-state index contributed by atoms with van der Waals surface area (Å²) < 4.78 is 23.0. The summed E-state index contributed by atoms with van der Waals surface area (Å²) in [5, 5.41) is 0. The molecule has 0 aliphatic carbocycles. The lowest BCUT2D eigenvalue weighted by Crippen LogP contribution is -2.11. The van der Waals surface area contributed by atoms with Gasteiger partial charge < -0.3 is 23.8 Å². The Morgan fingerprint density at radius 1 is 0.500 bits per heavy atom. The van der Waals surface area contributed by atoms with Crippen molar-refractivity contribution in [2.75, 3.05) is 40.5 Å². The molecule has 0 amide bonds. The average molecular weight is 834 g/mol. The fraction of sp³-hybridized carbons (Fsp3) is 0.660. The van der Waals surface area contributed by atoms with Gasteiger partial charge in [0.1, 0.15) is 11.5 Å². The van der Waals surface area contributed by atoms with E-state index in [0.717, 1.165) is 101 Å². The van der Waals surface area contributed by atoms with Crippen LogP contribution in [0.3, 0.4) is 0 Å². The van der Waals surface area contributed by atoms with Crippen molar-refractivity contribution in [3.05, 3.63) is 84.5 Å². The number of rotatable bonds is 41. The number of esters is 2. The van der Waals surface area contributed by atoms with E-state index in [2.05, 4.69) is 79.5 Å². The van der Waals surface area contributed by atoms with Crippen molar-refractivity contribution in [3.8, 4) is 11.5 Å². The first-order chi connectivity index (χ1) is 29.4. The highest BCUT2D eigenvalue weighted by Crippen LogP contribution is 2.24. The number of benzene rings is 1. The first kappa shape index (κ1) is 54.4.